The van der Waals surface area contributed by atoms with Crippen molar-refractivity contribution in [1.82, 2.24) is 0 Å². The predicted octanol–water partition coefficient (Wildman–Crippen LogP) is 7.86. The lowest BCUT2D eigenvalue weighted by atomic mass is 9.95. The molecule has 0 saturated carbocycles. The van der Waals surface area contributed by atoms with Crippen molar-refractivity contribution < 1.29 is 14.3 Å². The highest BCUT2D eigenvalue weighted by Crippen LogP contribution is 2.34. The molecule has 0 saturated heterocycles. The van der Waals surface area contributed by atoms with Crippen molar-refractivity contribution in [3.8, 4) is 5.75 Å². The Morgan fingerprint density at radius 1 is 0.679 bits per heavy atom. The second-order valence-electron chi connectivity index (χ2n) is 7.98. The highest BCUT2D eigenvalue weighted by molar-refractivity contribution is 7.39. The Labute approximate surface area is 174 Å². The van der Waals surface area contributed by atoms with Gasteiger partial charge in [-0.1, -0.05) is 103 Å². The van der Waals surface area contributed by atoms with Crippen LogP contribution in [0.2, 0.25) is 0 Å². The van der Waals surface area contributed by atoms with Crippen molar-refractivity contribution in [1.29, 1.82) is 0 Å². The summed E-state index contributed by atoms with van der Waals surface area (Å²) in [4.78, 5) is 18.7. The highest BCUT2D eigenvalue weighted by Gasteiger charge is 2.13. The molecule has 0 aliphatic carbocycles. The van der Waals surface area contributed by atoms with E-state index in [1.54, 1.807) is 0 Å². The number of benzene rings is 1. The van der Waals surface area contributed by atoms with E-state index in [9.17, 15) is 9.79 Å². The molecule has 0 aliphatic rings. The van der Waals surface area contributed by atoms with E-state index in [4.69, 9.17) is 4.52 Å². The average Bonchev–Trinajstić information content (AvgIpc) is 2.67. The van der Waals surface area contributed by atoms with Crippen LogP contribution in [-0.2, 0) is 12.8 Å². The smallest absolute Gasteiger partial charge is 0.391 e. The van der Waals surface area contributed by atoms with Gasteiger partial charge in [0.2, 0.25) is 0 Å². The summed E-state index contributed by atoms with van der Waals surface area (Å²) in [6, 6.07) is 6.06. The van der Waals surface area contributed by atoms with E-state index in [-0.39, 0.29) is 0 Å². The van der Waals surface area contributed by atoms with Crippen LogP contribution >= 0.6 is 8.60 Å². The van der Waals surface area contributed by atoms with Gasteiger partial charge in [0.05, 0.1) is 0 Å². The van der Waals surface area contributed by atoms with E-state index in [1.165, 1.54) is 94.6 Å². The number of rotatable bonds is 18. The van der Waals surface area contributed by atoms with Crippen molar-refractivity contribution >= 4 is 8.60 Å². The van der Waals surface area contributed by atoms with Crippen molar-refractivity contribution in [3.63, 3.8) is 0 Å². The third-order valence-corrected chi connectivity index (χ3v) is 5.85. The first-order chi connectivity index (χ1) is 13.7. The summed E-state index contributed by atoms with van der Waals surface area (Å²) in [6.07, 6.45) is 20.2. The molecule has 162 valence electrons. The third-order valence-electron chi connectivity index (χ3n) is 5.49. The summed E-state index contributed by atoms with van der Waals surface area (Å²) >= 11 is 0. The minimum absolute atomic E-state index is 0.669. The molecule has 0 aliphatic heterocycles. The fraction of sp³-hybridized carbons (Fsp3) is 0.750. The van der Waals surface area contributed by atoms with Crippen molar-refractivity contribution in [2.24, 2.45) is 0 Å². The van der Waals surface area contributed by atoms with Gasteiger partial charge < -0.3 is 14.3 Å². The maximum absolute atomic E-state index is 9.33. The molecule has 4 heteroatoms. The van der Waals surface area contributed by atoms with Crippen LogP contribution in [0.4, 0.5) is 0 Å². The van der Waals surface area contributed by atoms with Crippen LogP contribution in [0.3, 0.4) is 0 Å². The number of hydrogen-bond acceptors (Lipinski definition) is 3. The fourth-order valence-electron chi connectivity index (χ4n) is 3.83. The zero-order chi connectivity index (χ0) is 20.5. The van der Waals surface area contributed by atoms with Gasteiger partial charge in [-0.25, -0.2) is 0 Å². The van der Waals surface area contributed by atoms with Gasteiger partial charge in [0.15, 0.2) is 0 Å². The zero-order valence-corrected chi connectivity index (χ0v) is 19.2. The Bertz CT molecular complexity index is 491. The summed E-state index contributed by atoms with van der Waals surface area (Å²) in [5.41, 5.74) is 2.52. The molecule has 0 aromatic heterocycles. The number of hydrogen-bond donors (Lipinski definition) is 2. The third kappa shape index (κ3) is 12.0. The monoisotopic (exact) mass is 410 g/mol. The number of aryl methyl sites for hydroxylation is 1. The van der Waals surface area contributed by atoms with Crippen molar-refractivity contribution in [3.05, 3.63) is 29.3 Å². The standard InChI is InChI=1S/C24H43O3P/c1-3-5-7-9-11-13-15-18-22-19-17-21-24(27-28(25)26)23(22)20-16-14-12-10-8-6-4-2/h17,19,21,25-26H,3-16,18,20H2,1-2H3. The van der Waals surface area contributed by atoms with Gasteiger partial charge in [-0.3, -0.25) is 0 Å². The Balaban J connectivity index is 2.49. The summed E-state index contributed by atoms with van der Waals surface area (Å²) < 4.78 is 5.34. The van der Waals surface area contributed by atoms with Crippen LogP contribution < -0.4 is 4.52 Å². The van der Waals surface area contributed by atoms with Crippen LogP contribution in [0.5, 0.6) is 5.75 Å². The maximum Gasteiger partial charge on any atom is 0.391 e. The van der Waals surface area contributed by atoms with Gasteiger partial charge in [-0.15, -0.1) is 0 Å². The van der Waals surface area contributed by atoms with Gasteiger partial charge in [0, 0.05) is 0 Å². The lowest BCUT2D eigenvalue weighted by Crippen LogP contribution is -2.00. The molecule has 1 aromatic carbocycles. The molecule has 1 aromatic rings. The summed E-state index contributed by atoms with van der Waals surface area (Å²) in [7, 11) is -2.36. The second-order valence-corrected chi connectivity index (χ2v) is 8.67. The van der Waals surface area contributed by atoms with E-state index in [2.05, 4.69) is 19.9 Å². The Kier molecular flexibility index (Phi) is 15.6. The molecule has 0 spiro atoms. The Hall–Kier alpha value is -0.630. The average molecular weight is 411 g/mol. The van der Waals surface area contributed by atoms with Gasteiger partial charge in [-0.2, -0.15) is 0 Å². The maximum atomic E-state index is 9.33. The normalized spacial score (nSPS) is 11.3. The SMILES string of the molecule is CCCCCCCCCc1cccc(OP(O)O)c1CCCCCCCCC. The molecular weight excluding hydrogens is 367 g/mol. The highest BCUT2D eigenvalue weighted by atomic mass is 31.2. The summed E-state index contributed by atoms with van der Waals surface area (Å²) in [5.74, 6) is 0.669. The fourth-order valence-corrected chi connectivity index (χ4v) is 4.18. The molecule has 2 N–H and O–H groups in total. The Morgan fingerprint density at radius 2 is 1.18 bits per heavy atom. The molecule has 0 amide bonds. The first kappa shape index (κ1) is 25.4. The van der Waals surface area contributed by atoms with Gasteiger partial charge >= 0.3 is 8.60 Å². The lowest BCUT2D eigenvalue weighted by Gasteiger charge is -2.16. The molecule has 28 heavy (non-hydrogen) atoms. The predicted molar refractivity (Wildman–Crippen MR) is 122 cm³/mol. The van der Waals surface area contributed by atoms with E-state index in [0.717, 1.165) is 19.3 Å². The topological polar surface area (TPSA) is 49.7 Å². The van der Waals surface area contributed by atoms with Gasteiger partial charge in [-0.05, 0) is 42.9 Å². The zero-order valence-electron chi connectivity index (χ0n) is 18.3. The minimum Gasteiger partial charge on any atom is -0.427 e. The van der Waals surface area contributed by atoms with Crippen LogP contribution in [0, 0.1) is 0 Å². The summed E-state index contributed by atoms with van der Waals surface area (Å²) in [5, 5.41) is 0. The van der Waals surface area contributed by atoms with E-state index < -0.39 is 8.60 Å². The van der Waals surface area contributed by atoms with Crippen LogP contribution in [-0.4, -0.2) is 9.79 Å². The molecule has 0 bridgehead atoms. The van der Waals surface area contributed by atoms with Crippen LogP contribution in [0.15, 0.2) is 18.2 Å². The van der Waals surface area contributed by atoms with Gasteiger partial charge in [0.1, 0.15) is 5.75 Å². The molecule has 3 nitrogen and oxygen atoms in total. The molecule has 0 radical (unpaired) electrons. The molecular formula is C24H43O3P. The minimum atomic E-state index is -2.36. The summed E-state index contributed by atoms with van der Waals surface area (Å²) in [6.45, 7) is 4.51. The van der Waals surface area contributed by atoms with Crippen LogP contribution in [0.25, 0.3) is 0 Å². The molecule has 0 fully saturated rings. The Morgan fingerprint density at radius 3 is 1.71 bits per heavy atom. The van der Waals surface area contributed by atoms with E-state index in [1.807, 2.05) is 12.1 Å². The lowest BCUT2D eigenvalue weighted by molar-refractivity contribution is 0.373. The second kappa shape index (κ2) is 17.2. The number of unbranched alkanes of at least 4 members (excludes halogenated alkanes) is 12. The molecule has 1 rings (SSSR count). The van der Waals surface area contributed by atoms with E-state index in [0.29, 0.717) is 5.75 Å². The molecule has 0 heterocycles. The quantitative estimate of drug-likeness (QED) is 0.191. The first-order valence-corrected chi connectivity index (χ1v) is 12.8. The van der Waals surface area contributed by atoms with Gasteiger partial charge in [0.25, 0.3) is 0 Å². The first-order valence-electron chi connectivity index (χ1n) is 11.7. The van der Waals surface area contributed by atoms with Crippen LogP contribution in [0.1, 0.15) is 115 Å². The van der Waals surface area contributed by atoms with Crippen molar-refractivity contribution in [2.45, 2.75) is 117 Å². The molecule has 0 unspecified atom stereocenters. The largest absolute Gasteiger partial charge is 0.427 e. The van der Waals surface area contributed by atoms with Crippen molar-refractivity contribution in [2.75, 3.05) is 0 Å². The molecule has 0 atom stereocenters. The van der Waals surface area contributed by atoms with E-state index >= 15 is 0 Å².